The lowest BCUT2D eigenvalue weighted by molar-refractivity contribution is -0.0172. The van der Waals surface area contributed by atoms with Gasteiger partial charge in [-0.2, -0.15) is 0 Å². The average molecular weight is 304 g/mol. The lowest BCUT2D eigenvalue weighted by atomic mass is 10.0. The Kier molecular flexibility index (Phi) is 5.09. The summed E-state index contributed by atoms with van der Waals surface area (Å²) in [5.74, 6) is 0. The van der Waals surface area contributed by atoms with E-state index in [9.17, 15) is 0 Å². The molecule has 1 N–H and O–H groups in total. The first-order chi connectivity index (χ1) is 9.06. The Morgan fingerprint density at radius 2 is 2.26 bits per heavy atom. The standard InChI is InChI=1S/C14H19Cl2NO2/c1-10(12-7-11(15)3-4-13(12)16)17-8-14(18-2)5-6-19-9-14/h3-4,7,10,17H,5-6,8-9H2,1-2H3. The highest BCUT2D eigenvalue weighted by molar-refractivity contribution is 6.33. The fourth-order valence-corrected chi connectivity index (χ4v) is 2.72. The van der Waals surface area contributed by atoms with E-state index in [4.69, 9.17) is 32.7 Å². The molecule has 0 aliphatic carbocycles. The van der Waals surface area contributed by atoms with Crippen molar-refractivity contribution in [3.8, 4) is 0 Å². The van der Waals surface area contributed by atoms with Crippen LogP contribution in [0.5, 0.6) is 0 Å². The van der Waals surface area contributed by atoms with Crippen molar-refractivity contribution in [1.82, 2.24) is 5.32 Å². The monoisotopic (exact) mass is 303 g/mol. The zero-order valence-electron chi connectivity index (χ0n) is 11.2. The molecule has 1 aromatic carbocycles. The van der Waals surface area contributed by atoms with Gasteiger partial charge < -0.3 is 14.8 Å². The van der Waals surface area contributed by atoms with Crippen LogP contribution in [-0.4, -0.2) is 32.5 Å². The normalized spacial score (nSPS) is 24.6. The van der Waals surface area contributed by atoms with Crippen LogP contribution in [0.25, 0.3) is 0 Å². The highest BCUT2D eigenvalue weighted by atomic mass is 35.5. The molecule has 2 unspecified atom stereocenters. The Morgan fingerprint density at radius 1 is 1.47 bits per heavy atom. The summed E-state index contributed by atoms with van der Waals surface area (Å²) in [6.07, 6.45) is 0.909. The number of nitrogens with one attached hydrogen (secondary N) is 1. The maximum Gasteiger partial charge on any atom is 0.106 e. The van der Waals surface area contributed by atoms with E-state index in [0.29, 0.717) is 11.6 Å². The quantitative estimate of drug-likeness (QED) is 0.904. The van der Waals surface area contributed by atoms with Gasteiger partial charge in [-0.1, -0.05) is 23.2 Å². The molecule has 0 saturated carbocycles. The van der Waals surface area contributed by atoms with Crippen molar-refractivity contribution in [2.75, 3.05) is 26.9 Å². The molecule has 5 heteroatoms. The van der Waals surface area contributed by atoms with Gasteiger partial charge in [0.1, 0.15) is 5.60 Å². The molecule has 0 aromatic heterocycles. The molecule has 3 nitrogen and oxygen atoms in total. The fourth-order valence-electron chi connectivity index (χ4n) is 2.26. The summed E-state index contributed by atoms with van der Waals surface area (Å²) < 4.78 is 11.0. The molecule has 1 heterocycles. The van der Waals surface area contributed by atoms with E-state index in [-0.39, 0.29) is 11.6 Å². The molecule has 0 amide bonds. The van der Waals surface area contributed by atoms with Crippen LogP contribution in [0.15, 0.2) is 18.2 Å². The minimum atomic E-state index is -0.223. The molecule has 1 saturated heterocycles. The van der Waals surface area contributed by atoms with Gasteiger partial charge in [0.2, 0.25) is 0 Å². The Bertz CT molecular complexity index is 433. The maximum atomic E-state index is 6.20. The molecular formula is C14H19Cl2NO2. The van der Waals surface area contributed by atoms with Crippen LogP contribution in [0.1, 0.15) is 24.9 Å². The van der Waals surface area contributed by atoms with E-state index in [1.165, 1.54) is 0 Å². The molecule has 2 atom stereocenters. The third kappa shape index (κ3) is 3.61. The zero-order valence-corrected chi connectivity index (χ0v) is 12.7. The number of hydrogen-bond donors (Lipinski definition) is 1. The van der Waals surface area contributed by atoms with Crippen molar-refractivity contribution >= 4 is 23.2 Å². The molecule has 1 aromatic rings. The number of rotatable bonds is 5. The number of benzene rings is 1. The van der Waals surface area contributed by atoms with Gasteiger partial charge in [-0.25, -0.2) is 0 Å². The first-order valence-corrected chi connectivity index (χ1v) is 7.13. The topological polar surface area (TPSA) is 30.5 Å². The van der Waals surface area contributed by atoms with E-state index in [0.717, 1.165) is 30.2 Å². The highest BCUT2D eigenvalue weighted by Crippen LogP contribution is 2.28. The Balaban J connectivity index is 2.00. The summed E-state index contributed by atoms with van der Waals surface area (Å²) in [5, 5.41) is 4.87. The first kappa shape index (κ1) is 15.1. The van der Waals surface area contributed by atoms with Crippen LogP contribution in [0.2, 0.25) is 10.0 Å². The van der Waals surface area contributed by atoms with Crippen molar-refractivity contribution in [2.24, 2.45) is 0 Å². The fraction of sp³-hybridized carbons (Fsp3) is 0.571. The molecule has 1 aliphatic rings. The maximum absolute atomic E-state index is 6.20. The zero-order chi connectivity index (χ0) is 13.9. The van der Waals surface area contributed by atoms with Gasteiger partial charge in [-0.05, 0) is 30.7 Å². The van der Waals surface area contributed by atoms with Gasteiger partial charge in [0.25, 0.3) is 0 Å². The van der Waals surface area contributed by atoms with Gasteiger partial charge in [-0.15, -0.1) is 0 Å². The molecule has 2 rings (SSSR count). The summed E-state index contributed by atoms with van der Waals surface area (Å²) in [6.45, 7) is 4.18. The number of hydrogen-bond acceptors (Lipinski definition) is 3. The molecule has 106 valence electrons. The lowest BCUT2D eigenvalue weighted by Gasteiger charge is -2.28. The molecule has 0 spiro atoms. The van der Waals surface area contributed by atoms with Gasteiger partial charge in [0.15, 0.2) is 0 Å². The van der Waals surface area contributed by atoms with Gasteiger partial charge in [-0.3, -0.25) is 0 Å². The van der Waals surface area contributed by atoms with Crippen LogP contribution < -0.4 is 5.32 Å². The number of halogens is 2. The highest BCUT2D eigenvalue weighted by Gasteiger charge is 2.35. The van der Waals surface area contributed by atoms with E-state index < -0.39 is 0 Å². The molecule has 1 fully saturated rings. The molecule has 0 radical (unpaired) electrons. The lowest BCUT2D eigenvalue weighted by Crippen LogP contribution is -2.43. The van der Waals surface area contributed by atoms with Gasteiger partial charge in [0.05, 0.1) is 6.61 Å². The minimum absolute atomic E-state index is 0.110. The Morgan fingerprint density at radius 3 is 2.89 bits per heavy atom. The molecule has 0 bridgehead atoms. The number of methoxy groups -OCH3 is 1. The third-order valence-corrected chi connectivity index (χ3v) is 4.23. The van der Waals surface area contributed by atoms with Crippen LogP contribution >= 0.6 is 23.2 Å². The summed E-state index contributed by atoms with van der Waals surface area (Å²) in [4.78, 5) is 0. The Hall–Kier alpha value is -0.320. The van der Waals surface area contributed by atoms with E-state index in [1.807, 2.05) is 12.1 Å². The van der Waals surface area contributed by atoms with Gasteiger partial charge >= 0.3 is 0 Å². The molecule has 19 heavy (non-hydrogen) atoms. The second kappa shape index (κ2) is 6.42. The SMILES string of the molecule is COC1(CNC(C)c2cc(Cl)ccc2Cl)CCOC1. The molecular weight excluding hydrogens is 285 g/mol. The Labute approximate surface area is 124 Å². The van der Waals surface area contributed by atoms with E-state index >= 15 is 0 Å². The summed E-state index contributed by atoms with van der Waals surface area (Å²) in [5.41, 5.74) is 0.776. The third-order valence-electron chi connectivity index (χ3n) is 3.66. The predicted molar refractivity (Wildman–Crippen MR) is 78.1 cm³/mol. The second-order valence-electron chi connectivity index (χ2n) is 4.96. The summed E-state index contributed by atoms with van der Waals surface area (Å²) in [7, 11) is 1.73. The van der Waals surface area contributed by atoms with E-state index in [1.54, 1.807) is 13.2 Å². The van der Waals surface area contributed by atoms with Crippen molar-refractivity contribution < 1.29 is 9.47 Å². The van der Waals surface area contributed by atoms with Crippen LogP contribution in [0.3, 0.4) is 0 Å². The van der Waals surface area contributed by atoms with E-state index in [2.05, 4.69) is 12.2 Å². The molecule has 1 aliphatic heterocycles. The minimum Gasteiger partial charge on any atom is -0.378 e. The van der Waals surface area contributed by atoms with Crippen LogP contribution in [0, 0.1) is 0 Å². The summed E-state index contributed by atoms with van der Waals surface area (Å²) >= 11 is 12.2. The van der Waals surface area contributed by atoms with Crippen LogP contribution in [0.4, 0.5) is 0 Å². The predicted octanol–water partition coefficient (Wildman–Crippen LogP) is 3.45. The first-order valence-electron chi connectivity index (χ1n) is 6.37. The van der Waals surface area contributed by atoms with Crippen molar-refractivity contribution in [2.45, 2.75) is 25.0 Å². The largest absolute Gasteiger partial charge is 0.378 e. The average Bonchev–Trinajstić information content (AvgIpc) is 2.88. The van der Waals surface area contributed by atoms with Gasteiger partial charge in [0, 0.05) is 42.8 Å². The number of ether oxygens (including phenoxy) is 2. The van der Waals surface area contributed by atoms with Crippen molar-refractivity contribution in [3.05, 3.63) is 33.8 Å². The van der Waals surface area contributed by atoms with Crippen molar-refractivity contribution in [1.29, 1.82) is 0 Å². The van der Waals surface area contributed by atoms with Crippen LogP contribution in [-0.2, 0) is 9.47 Å². The van der Waals surface area contributed by atoms with Crippen molar-refractivity contribution in [3.63, 3.8) is 0 Å². The smallest absolute Gasteiger partial charge is 0.106 e. The second-order valence-corrected chi connectivity index (χ2v) is 5.80. The summed E-state index contributed by atoms with van der Waals surface area (Å²) in [6, 6.07) is 5.62.